The zero-order valence-electron chi connectivity index (χ0n) is 5.91. The van der Waals surface area contributed by atoms with Gasteiger partial charge in [-0.3, -0.25) is 4.79 Å². The SMILES string of the molecule is O=C(O)CNCc1ccsc1. The molecule has 0 atom stereocenters. The fraction of sp³-hybridized carbons (Fsp3) is 0.286. The number of rotatable bonds is 4. The molecule has 0 aromatic carbocycles. The summed E-state index contributed by atoms with van der Waals surface area (Å²) in [6.07, 6.45) is 0. The lowest BCUT2D eigenvalue weighted by Gasteiger charge is -1.96. The van der Waals surface area contributed by atoms with E-state index in [2.05, 4.69) is 5.32 Å². The van der Waals surface area contributed by atoms with Crippen molar-refractivity contribution in [1.29, 1.82) is 0 Å². The predicted octanol–water partition coefficient (Wildman–Crippen LogP) is 0.922. The Kier molecular flexibility index (Phi) is 3.07. The Labute approximate surface area is 68.7 Å². The highest BCUT2D eigenvalue weighted by molar-refractivity contribution is 7.07. The van der Waals surface area contributed by atoms with E-state index in [9.17, 15) is 4.79 Å². The molecule has 0 radical (unpaired) electrons. The van der Waals surface area contributed by atoms with Gasteiger partial charge in [0.2, 0.25) is 0 Å². The first-order valence-electron chi connectivity index (χ1n) is 3.22. The van der Waals surface area contributed by atoms with Crippen LogP contribution in [-0.2, 0) is 11.3 Å². The minimum atomic E-state index is -0.819. The fourth-order valence-electron chi connectivity index (χ4n) is 0.707. The van der Waals surface area contributed by atoms with Gasteiger partial charge in [0.05, 0.1) is 6.54 Å². The van der Waals surface area contributed by atoms with Crippen molar-refractivity contribution < 1.29 is 9.90 Å². The van der Waals surface area contributed by atoms with E-state index in [1.54, 1.807) is 11.3 Å². The summed E-state index contributed by atoms with van der Waals surface area (Å²) in [5.74, 6) is -0.819. The number of carboxylic acids is 1. The van der Waals surface area contributed by atoms with Gasteiger partial charge >= 0.3 is 5.97 Å². The Bertz CT molecular complexity index is 220. The number of carboxylic acid groups (broad SMARTS) is 1. The van der Waals surface area contributed by atoms with Crippen molar-refractivity contribution in [3.63, 3.8) is 0 Å². The van der Waals surface area contributed by atoms with Gasteiger partial charge in [0.15, 0.2) is 0 Å². The maximum Gasteiger partial charge on any atom is 0.317 e. The highest BCUT2D eigenvalue weighted by Gasteiger charge is 1.95. The van der Waals surface area contributed by atoms with Crippen LogP contribution in [0.4, 0.5) is 0 Å². The Morgan fingerprint density at radius 2 is 2.55 bits per heavy atom. The van der Waals surface area contributed by atoms with Crippen LogP contribution in [0.3, 0.4) is 0 Å². The van der Waals surface area contributed by atoms with Gasteiger partial charge < -0.3 is 10.4 Å². The van der Waals surface area contributed by atoms with Crippen LogP contribution in [-0.4, -0.2) is 17.6 Å². The van der Waals surface area contributed by atoms with Crippen LogP contribution in [0.25, 0.3) is 0 Å². The van der Waals surface area contributed by atoms with Gasteiger partial charge in [-0.05, 0) is 22.4 Å². The van der Waals surface area contributed by atoms with E-state index < -0.39 is 5.97 Å². The Balaban J connectivity index is 2.19. The third-order valence-corrected chi connectivity index (χ3v) is 1.92. The third-order valence-electron chi connectivity index (χ3n) is 1.19. The maximum absolute atomic E-state index is 10.1. The lowest BCUT2D eigenvalue weighted by atomic mass is 10.3. The van der Waals surface area contributed by atoms with Crippen molar-refractivity contribution in [2.45, 2.75) is 6.54 Å². The molecule has 4 heteroatoms. The average molecular weight is 171 g/mol. The monoisotopic (exact) mass is 171 g/mol. The summed E-state index contributed by atoms with van der Waals surface area (Å²) < 4.78 is 0. The molecule has 0 fully saturated rings. The smallest absolute Gasteiger partial charge is 0.317 e. The van der Waals surface area contributed by atoms with Gasteiger partial charge in [-0.1, -0.05) is 0 Å². The van der Waals surface area contributed by atoms with Gasteiger partial charge in [0, 0.05) is 6.54 Å². The molecule has 0 saturated heterocycles. The van der Waals surface area contributed by atoms with Crippen LogP contribution < -0.4 is 5.32 Å². The highest BCUT2D eigenvalue weighted by Crippen LogP contribution is 2.04. The zero-order valence-corrected chi connectivity index (χ0v) is 6.73. The molecular formula is C7H9NO2S. The molecule has 0 saturated carbocycles. The topological polar surface area (TPSA) is 49.3 Å². The van der Waals surface area contributed by atoms with E-state index in [0.717, 1.165) is 5.56 Å². The third kappa shape index (κ3) is 3.15. The quantitative estimate of drug-likeness (QED) is 0.708. The molecule has 1 aromatic heterocycles. The summed E-state index contributed by atoms with van der Waals surface area (Å²) in [6.45, 7) is 0.658. The molecule has 0 aliphatic carbocycles. The molecule has 2 N–H and O–H groups in total. The molecule has 1 rings (SSSR count). The summed E-state index contributed by atoms with van der Waals surface area (Å²) in [5, 5.41) is 15.0. The van der Waals surface area contributed by atoms with Crippen molar-refractivity contribution in [3.8, 4) is 0 Å². The number of aliphatic carboxylic acids is 1. The number of carbonyl (C=O) groups is 1. The van der Waals surface area contributed by atoms with E-state index in [0.29, 0.717) is 6.54 Å². The molecule has 0 amide bonds. The number of hydrogen-bond acceptors (Lipinski definition) is 3. The van der Waals surface area contributed by atoms with Crippen molar-refractivity contribution in [1.82, 2.24) is 5.32 Å². The first-order valence-corrected chi connectivity index (χ1v) is 4.17. The molecule has 0 unspecified atom stereocenters. The van der Waals surface area contributed by atoms with E-state index >= 15 is 0 Å². The van der Waals surface area contributed by atoms with Crippen molar-refractivity contribution >= 4 is 17.3 Å². The molecule has 3 nitrogen and oxygen atoms in total. The number of hydrogen-bond donors (Lipinski definition) is 2. The molecule has 0 spiro atoms. The van der Waals surface area contributed by atoms with E-state index in [-0.39, 0.29) is 6.54 Å². The van der Waals surface area contributed by atoms with Gasteiger partial charge in [-0.25, -0.2) is 0 Å². The first kappa shape index (κ1) is 8.23. The summed E-state index contributed by atoms with van der Waals surface area (Å²) >= 11 is 1.61. The van der Waals surface area contributed by atoms with E-state index in [4.69, 9.17) is 5.11 Å². The molecule has 60 valence electrons. The average Bonchev–Trinajstić information content (AvgIpc) is 2.39. The number of thiophene rings is 1. The van der Waals surface area contributed by atoms with Crippen LogP contribution in [0.2, 0.25) is 0 Å². The summed E-state index contributed by atoms with van der Waals surface area (Å²) in [5.41, 5.74) is 1.14. The molecule has 1 heterocycles. The maximum atomic E-state index is 10.1. The van der Waals surface area contributed by atoms with Gasteiger partial charge in [0.1, 0.15) is 0 Å². The van der Waals surface area contributed by atoms with Gasteiger partial charge in [0.25, 0.3) is 0 Å². The van der Waals surface area contributed by atoms with E-state index in [1.165, 1.54) is 0 Å². The summed E-state index contributed by atoms with van der Waals surface area (Å²) in [7, 11) is 0. The minimum Gasteiger partial charge on any atom is -0.480 e. The van der Waals surface area contributed by atoms with E-state index in [1.807, 2.05) is 16.8 Å². The highest BCUT2D eigenvalue weighted by atomic mass is 32.1. The second kappa shape index (κ2) is 4.10. The Hall–Kier alpha value is -0.870. The van der Waals surface area contributed by atoms with Crippen LogP contribution >= 0.6 is 11.3 Å². The molecule has 0 aliphatic heterocycles. The Morgan fingerprint density at radius 3 is 3.09 bits per heavy atom. The van der Waals surface area contributed by atoms with Crippen molar-refractivity contribution in [2.75, 3.05) is 6.54 Å². The Morgan fingerprint density at radius 1 is 1.73 bits per heavy atom. The minimum absolute atomic E-state index is 0.0237. The standard InChI is InChI=1S/C7H9NO2S/c9-7(10)4-8-3-6-1-2-11-5-6/h1-2,5,8H,3-4H2,(H,9,10). The van der Waals surface area contributed by atoms with Crippen LogP contribution in [0.5, 0.6) is 0 Å². The van der Waals surface area contributed by atoms with Crippen LogP contribution in [0.1, 0.15) is 5.56 Å². The normalized spacial score (nSPS) is 9.82. The predicted molar refractivity (Wildman–Crippen MR) is 43.7 cm³/mol. The fourth-order valence-corrected chi connectivity index (χ4v) is 1.38. The molecule has 1 aromatic rings. The van der Waals surface area contributed by atoms with Crippen LogP contribution in [0, 0.1) is 0 Å². The van der Waals surface area contributed by atoms with Crippen molar-refractivity contribution in [3.05, 3.63) is 22.4 Å². The zero-order chi connectivity index (χ0) is 8.10. The summed E-state index contributed by atoms with van der Waals surface area (Å²) in [4.78, 5) is 10.1. The van der Waals surface area contributed by atoms with Gasteiger partial charge in [-0.2, -0.15) is 11.3 Å². The van der Waals surface area contributed by atoms with Gasteiger partial charge in [-0.15, -0.1) is 0 Å². The lowest BCUT2D eigenvalue weighted by Crippen LogP contribution is -2.21. The molecule has 11 heavy (non-hydrogen) atoms. The molecule has 0 bridgehead atoms. The lowest BCUT2D eigenvalue weighted by molar-refractivity contribution is -0.135. The largest absolute Gasteiger partial charge is 0.480 e. The number of nitrogens with one attached hydrogen (secondary N) is 1. The van der Waals surface area contributed by atoms with Crippen molar-refractivity contribution in [2.24, 2.45) is 0 Å². The second-order valence-electron chi connectivity index (χ2n) is 2.13. The second-order valence-corrected chi connectivity index (χ2v) is 2.91. The molecular weight excluding hydrogens is 162 g/mol. The van der Waals surface area contributed by atoms with Crippen LogP contribution in [0.15, 0.2) is 16.8 Å². The summed E-state index contributed by atoms with van der Waals surface area (Å²) in [6, 6.07) is 1.97. The molecule has 0 aliphatic rings. The first-order chi connectivity index (χ1) is 5.29.